The minimum absolute atomic E-state index is 0.0232. The van der Waals surface area contributed by atoms with Crippen molar-refractivity contribution in [2.45, 2.75) is 46.2 Å². The summed E-state index contributed by atoms with van der Waals surface area (Å²) in [5.74, 6) is 0.374. The van der Waals surface area contributed by atoms with Gasteiger partial charge in [-0.15, -0.1) is 0 Å². The second kappa shape index (κ2) is 8.36. The van der Waals surface area contributed by atoms with Crippen molar-refractivity contribution < 1.29 is 9.50 Å². The van der Waals surface area contributed by atoms with E-state index < -0.39 is 0 Å². The first kappa shape index (κ1) is 18.6. The Balaban J connectivity index is 2.23. The van der Waals surface area contributed by atoms with Crippen molar-refractivity contribution in [3.8, 4) is 11.3 Å². The van der Waals surface area contributed by atoms with Crippen molar-refractivity contribution in [1.29, 1.82) is 0 Å². The smallest absolute Gasteiger partial charge is 0.146 e. The van der Waals surface area contributed by atoms with Crippen LogP contribution in [-0.2, 0) is 6.54 Å². The van der Waals surface area contributed by atoms with Crippen LogP contribution in [0.3, 0.4) is 0 Å². The predicted octanol–water partition coefficient (Wildman–Crippen LogP) is 4.12. The minimum Gasteiger partial charge on any atom is -0.395 e. The third kappa shape index (κ3) is 4.62. The highest BCUT2D eigenvalue weighted by atomic mass is 19.1. The SMILES string of the molecule is CC(C)c1cccc(-c2ccc(F)c(CN[C@@H](CO)C(C)C)n2)c1. The maximum atomic E-state index is 14.1. The van der Waals surface area contributed by atoms with Crippen molar-refractivity contribution in [3.05, 3.63) is 53.5 Å². The number of pyridine rings is 1. The van der Waals surface area contributed by atoms with Crippen LogP contribution in [-0.4, -0.2) is 22.7 Å². The molecule has 2 rings (SSSR count). The van der Waals surface area contributed by atoms with E-state index in [0.29, 0.717) is 18.2 Å². The highest BCUT2D eigenvalue weighted by Gasteiger charge is 2.14. The molecule has 1 atom stereocenters. The Morgan fingerprint density at radius 2 is 1.88 bits per heavy atom. The summed E-state index contributed by atoms with van der Waals surface area (Å²) in [5, 5.41) is 12.6. The Labute approximate surface area is 144 Å². The van der Waals surface area contributed by atoms with E-state index in [1.807, 2.05) is 26.0 Å². The van der Waals surface area contributed by atoms with Crippen molar-refractivity contribution in [2.24, 2.45) is 5.92 Å². The molecule has 0 saturated carbocycles. The fraction of sp³-hybridized carbons (Fsp3) is 0.450. The Morgan fingerprint density at radius 3 is 2.50 bits per heavy atom. The van der Waals surface area contributed by atoms with E-state index in [4.69, 9.17) is 0 Å². The third-order valence-electron chi connectivity index (χ3n) is 4.30. The summed E-state index contributed by atoms with van der Waals surface area (Å²) < 4.78 is 14.1. The van der Waals surface area contributed by atoms with Gasteiger partial charge in [0.1, 0.15) is 5.82 Å². The normalized spacial score (nSPS) is 12.8. The molecule has 0 fully saturated rings. The van der Waals surface area contributed by atoms with E-state index in [9.17, 15) is 9.50 Å². The van der Waals surface area contributed by atoms with E-state index in [-0.39, 0.29) is 24.4 Å². The van der Waals surface area contributed by atoms with Gasteiger partial charge in [0.2, 0.25) is 0 Å². The second-order valence-electron chi connectivity index (χ2n) is 6.82. The van der Waals surface area contributed by atoms with Gasteiger partial charge < -0.3 is 10.4 Å². The molecule has 2 aromatic rings. The van der Waals surface area contributed by atoms with Gasteiger partial charge in [0, 0.05) is 18.2 Å². The number of hydrogen-bond acceptors (Lipinski definition) is 3. The molecule has 24 heavy (non-hydrogen) atoms. The van der Waals surface area contributed by atoms with Crippen LogP contribution in [0, 0.1) is 11.7 Å². The topological polar surface area (TPSA) is 45.1 Å². The number of aromatic nitrogens is 1. The summed E-state index contributed by atoms with van der Waals surface area (Å²) in [6.45, 7) is 8.65. The quantitative estimate of drug-likeness (QED) is 0.803. The first-order valence-corrected chi connectivity index (χ1v) is 8.52. The number of halogens is 1. The molecule has 0 spiro atoms. The van der Waals surface area contributed by atoms with Gasteiger partial charge in [0.15, 0.2) is 0 Å². The van der Waals surface area contributed by atoms with E-state index in [1.165, 1.54) is 11.6 Å². The predicted molar refractivity (Wildman–Crippen MR) is 96.3 cm³/mol. The highest BCUT2D eigenvalue weighted by Crippen LogP contribution is 2.23. The summed E-state index contributed by atoms with van der Waals surface area (Å²) in [7, 11) is 0. The van der Waals surface area contributed by atoms with Gasteiger partial charge in [-0.2, -0.15) is 0 Å². The summed E-state index contributed by atoms with van der Waals surface area (Å²) in [5.41, 5.74) is 3.37. The van der Waals surface area contributed by atoms with Gasteiger partial charge in [-0.05, 0) is 35.6 Å². The lowest BCUT2D eigenvalue weighted by Gasteiger charge is -2.20. The van der Waals surface area contributed by atoms with Gasteiger partial charge in [0.05, 0.1) is 18.0 Å². The molecule has 4 heteroatoms. The maximum absolute atomic E-state index is 14.1. The number of aliphatic hydroxyl groups is 1. The summed E-state index contributed by atoms with van der Waals surface area (Å²) >= 11 is 0. The molecular weight excluding hydrogens is 303 g/mol. The number of nitrogens with zero attached hydrogens (tertiary/aromatic N) is 1. The Hall–Kier alpha value is -1.78. The fourth-order valence-electron chi connectivity index (χ4n) is 2.57. The molecule has 0 aliphatic heterocycles. The van der Waals surface area contributed by atoms with E-state index in [0.717, 1.165) is 11.3 Å². The second-order valence-corrected chi connectivity index (χ2v) is 6.82. The zero-order valence-corrected chi connectivity index (χ0v) is 14.9. The molecule has 130 valence electrons. The molecule has 0 amide bonds. The van der Waals surface area contributed by atoms with Crippen molar-refractivity contribution >= 4 is 0 Å². The highest BCUT2D eigenvalue weighted by molar-refractivity contribution is 5.60. The number of nitrogens with one attached hydrogen (secondary N) is 1. The third-order valence-corrected chi connectivity index (χ3v) is 4.30. The van der Waals surface area contributed by atoms with Crippen molar-refractivity contribution in [1.82, 2.24) is 10.3 Å². The summed E-state index contributed by atoms with van der Waals surface area (Å²) in [6, 6.07) is 11.3. The van der Waals surface area contributed by atoms with Gasteiger partial charge >= 0.3 is 0 Å². The summed E-state index contributed by atoms with van der Waals surface area (Å²) in [6.07, 6.45) is 0. The maximum Gasteiger partial charge on any atom is 0.146 e. The molecule has 1 heterocycles. The van der Waals surface area contributed by atoms with Crippen LogP contribution >= 0.6 is 0 Å². The van der Waals surface area contributed by atoms with Gasteiger partial charge in [-0.1, -0.05) is 45.9 Å². The molecule has 1 aromatic heterocycles. The molecule has 1 aromatic carbocycles. The average molecular weight is 330 g/mol. The van der Waals surface area contributed by atoms with E-state index in [1.54, 1.807) is 6.07 Å². The Bertz CT molecular complexity index is 670. The number of rotatable bonds is 7. The van der Waals surface area contributed by atoms with Crippen LogP contribution in [0.25, 0.3) is 11.3 Å². The molecule has 0 radical (unpaired) electrons. The lowest BCUT2D eigenvalue weighted by Crippen LogP contribution is -2.36. The van der Waals surface area contributed by atoms with Gasteiger partial charge in [-0.25, -0.2) is 9.37 Å². The minimum atomic E-state index is -0.327. The molecule has 2 N–H and O–H groups in total. The first-order valence-electron chi connectivity index (χ1n) is 8.52. The zero-order chi connectivity index (χ0) is 17.7. The van der Waals surface area contributed by atoms with Gasteiger partial charge in [0.25, 0.3) is 0 Å². The first-order chi connectivity index (χ1) is 11.4. The van der Waals surface area contributed by atoms with Crippen LogP contribution < -0.4 is 5.32 Å². The molecule has 0 unspecified atom stereocenters. The van der Waals surface area contributed by atoms with Crippen molar-refractivity contribution in [2.75, 3.05) is 6.61 Å². The average Bonchev–Trinajstić information content (AvgIpc) is 2.56. The van der Waals surface area contributed by atoms with E-state index in [2.05, 4.69) is 36.3 Å². The molecule has 3 nitrogen and oxygen atoms in total. The largest absolute Gasteiger partial charge is 0.395 e. The lowest BCUT2D eigenvalue weighted by atomic mass is 9.99. The Morgan fingerprint density at radius 1 is 1.12 bits per heavy atom. The summed E-state index contributed by atoms with van der Waals surface area (Å²) in [4.78, 5) is 4.49. The monoisotopic (exact) mass is 330 g/mol. The Kier molecular flexibility index (Phi) is 6.46. The van der Waals surface area contributed by atoms with Crippen LogP contribution in [0.1, 0.15) is 44.9 Å². The van der Waals surface area contributed by atoms with Crippen LogP contribution in [0.2, 0.25) is 0 Å². The van der Waals surface area contributed by atoms with Crippen molar-refractivity contribution in [3.63, 3.8) is 0 Å². The number of hydrogen-bond donors (Lipinski definition) is 2. The number of benzene rings is 1. The van der Waals surface area contributed by atoms with Crippen LogP contribution in [0.4, 0.5) is 4.39 Å². The molecule has 0 aliphatic rings. The van der Waals surface area contributed by atoms with E-state index >= 15 is 0 Å². The van der Waals surface area contributed by atoms with Crippen LogP contribution in [0.15, 0.2) is 36.4 Å². The molecular formula is C20H27FN2O. The number of aliphatic hydroxyl groups excluding tert-OH is 1. The molecule has 0 saturated heterocycles. The molecule has 0 bridgehead atoms. The van der Waals surface area contributed by atoms with Gasteiger partial charge in [-0.3, -0.25) is 0 Å². The zero-order valence-electron chi connectivity index (χ0n) is 14.9. The van der Waals surface area contributed by atoms with Crippen LogP contribution in [0.5, 0.6) is 0 Å². The standard InChI is InChI=1S/C20H27FN2O/c1-13(2)15-6-5-7-16(10-15)18-9-8-17(21)19(23-18)11-22-20(12-24)14(3)4/h5-10,13-14,20,22,24H,11-12H2,1-4H3/t20-/m0/s1. The lowest BCUT2D eigenvalue weighted by molar-refractivity contribution is 0.209. The fourth-order valence-corrected chi connectivity index (χ4v) is 2.57. The molecule has 0 aliphatic carbocycles.